The second kappa shape index (κ2) is 7.55. The Morgan fingerprint density at radius 2 is 1.88 bits per heavy atom. The Hall–Kier alpha value is -2.57. The van der Waals surface area contributed by atoms with Gasteiger partial charge in [0.25, 0.3) is 0 Å². The number of benzene rings is 1. The van der Waals surface area contributed by atoms with Gasteiger partial charge in [0.15, 0.2) is 11.5 Å². The number of hydrogen-bond acceptors (Lipinski definition) is 5. The van der Waals surface area contributed by atoms with Gasteiger partial charge in [0.1, 0.15) is 13.2 Å². The van der Waals surface area contributed by atoms with Crippen LogP contribution in [0.4, 0.5) is 0 Å². The number of nitrogens with zero attached hydrogens (tertiary/aromatic N) is 2. The highest BCUT2D eigenvalue weighted by Crippen LogP contribution is 2.34. The lowest BCUT2D eigenvalue weighted by Crippen LogP contribution is -2.36. The number of hydrogen-bond donors (Lipinski definition) is 0. The highest BCUT2D eigenvalue weighted by Gasteiger charge is 2.29. The monoisotopic (exact) mass is 346 g/mol. The molecule has 1 aromatic carbocycles. The van der Waals surface area contributed by atoms with Crippen molar-refractivity contribution in [3.63, 3.8) is 0 Å². The fourth-order valence-electron chi connectivity index (χ4n) is 3.08. The van der Waals surface area contributed by atoms with Gasteiger partial charge in [-0.3, -0.25) is 19.3 Å². The predicted octanol–water partition coefficient (Wildman–Crippen LogP) is 1.35. The van der Waals surface area contributed by atoms with E-state index in [4.69, 9.17) is 9.47 Å². The molecule has 1 saturated heterocycles. The number of amides is 3. The molecule has 0 aromatic heterocycles. The van der Waals surface area contributed by atoms with Crippen molar-refractivity contribution in [2.45, 2.75) is 32.7 Å². The molecule has 2 heterocycles. The number of fused-ring (bicyclic) bond motifs is 1. The topological polar surface area (TPSA) is 76.2 Å². The quantitative estimate of drug-likeness (QED) is 0.727. The van der Waals surface area contributed by atoms with Crippen molar-refractivity contribution in [1.29, 1.82) is 0 Å². The lowest BCUT2D eigenvalue weighted by atomic mass is 10.1. The number of likely N-dealkylation sites (tertiary alicyclic amines) is 1. The first-order valence-electron chi connectivity index (χ1n) is 8.58. The zero-order valence-corrected chi connectivity index (χ0v) is 14.3. The van der Waals surface area contributed by atoms with Crippen LogP contribution in [0.15, 0.2) is 18.2 Å². The Morgan fingerprint density at radius 1 is 1.16 bits per heavy atom. The first-order chi connectivity index (χ1) is 12.1. The Labute approximate surface area is 146 Å². The number of para-hydroxylation sites is 1. The Bertz CT molecular complexity index is 672. The van der Waals surface area contributed by atoms with E-state index in [9.17, 15) is 14.4 Å². The van der Waals surface area contributed by atoms with Crippen LogP contribution in [-0.4, -0.2) is 53.8 Å². The van der Waals surface area contributed by atoms with Crippen LogP contribution >= 0.6 is 0 Å². The zero-order valence-electron chi connectivity index (χ0n) is 14.3. The van der Waals surface area contributed by atoms with Crippen LogP contribution in [0, 0.1) is 0 Å². The van der Waals surface area contributed by atoms with Gasteiger partial charge in [0, 0.05) is 44.5 Å². The van der Waals surface area contributed by atoms with E-state index in [2.05, 4.69) is 0 Å². The van der Waals surface area contributed by atoms with Crippen LogP contribution in [0.2, 0.25) is 0 Å². The van der Waals surface area contributed by atoms with Crippen LogP contribution in [0.1, 0.15) is 31.7 Å². The van der Waals surface area contributed by atoms with Gasteiger partial charge in [0.2, 0.25) is 17.7 Å². The molecule has 0 atom stereocenters. The Morgan fingerprint density at radius 3 is 2.60 bits per heavy atom. The lowest BCUT2D eigenvalue weighted by Gasteiger charge is -2.26. The first-order valence-corrected chi connectivity index (χ1v) is 8.58. The minimum Gasteiger partial charge on any atom is -0.486 e. The van der Waals surface area contributed by atoms with E-state index in [1.54, 1.807) is 4.90 Å². The summed E-state index contributed by atoms with van der Waals surface area (Å²) in [6, 6.07) is 5.64. The third kappa shape index (κ3) is 3.75. The van der Waals surface area contributed by atoms with E-state index in [-0.39, 0.29) is 43.5 Å². The summed E-state index contributed by atoms with van der Waals surface area (Å²) in [5.41, 5.74) is 0.890. The molecule has 0 spiro atoms. The highest BCUT2D eigenvalue weighted by atomic mass is 16.6. The van der Waals surface area contributed by atoms with Gasteiger partial charge >= 0.3 is 0 Å². The lowest BCUT2D eigenvalue weighted by molar-refractivity contribution is -0.139. The van der Waals surface area contributed by atoms with E-state index in [1.807, 2.05) is 25.1 Å². The van der Waals surface area contributed by atoms with Crippen LogP contribution < -0.4 is 9.47 Å². The number of imide groups is 1. The standard InChI is InChI=1S/C18H22N2O5/c1-2-19(15(21)8-9-20-16(22)6-7-17(20)23)12-13-4-3-5-14-18(13)25-11-10-24-14/h3-5H,2,6-12H2,1H3. The molecule has 0 unspecified atom stereocenters. The fraction of sp³-hybridized carbons (Fsp3) is 0.500. The summed E-state index contributed by atoms with van der Waals surface area (Å²) in [5.74, 6) is 0.904. The number of rotatable bonds is 6. The zero-order chi connectivity index (χ0) is 17.8. The molecule has 1 fully saturated rings. The van der Waals surface area contributed by atoms with Crippen molar-refractivity contribution < 1.29 is 23.9 Å². The van der Waals surface area contributed by atoms with Crippen LogP contribution in [0.5, 0.6) is 11.5 Å². The van der Waals surface area contributed by atoms with Crippen molar-refractivity contribution in [1.82, 2.24) is 9.80 Å². The second-order valence-corrected chi connectivity index (χ2v) is 6.04. The molecule has 1 aromatic rings. The molecule has 0 radical (unpaired) electrons. The SMILES string of the molecule is CCN(Cc1cccc2c1OCCO2)C(=O)CCN1C(=O)CCC1=O. The summed E-state index contributed by atoms with van der Waals surface area (Å²) in [5, 5.41) is 0. The smallest absolute Gasteiger partial charge is 0.229 e. The van der Waals surface area contributed by atoms with Crippen LogP contribution in [-0.2, 0) is 20.9 Å². The average Bonchev–Trinajstić information content (AvgIpc) is 2.95. The summed E-state index contributed by atoms with van der Waals surface area (Å²) in [6.45, 7) is 4.00. The van der Waals surface area contributed by atoms with Gasteiger partial charge in [-0.05, 0) is 13.0 Å². The minimum atomic E-state index is -0.191. The van der Waals surface area contributed by atoms with Crippen LogP contribution in [0.3, 0.4) is 0 Å². The van der Waals surface area contributed by atoms with E-state index < -0.39 is 0 Å². The van der Waals surface area contributed by atoms with Crippen molar-refractivity contribution in [2.75, 3.05) is 26.3 Å². The van der Waals surface area contributed by atoms with Crippen molar-refractivity contribution in [2.24, 2.45) is 0 Å². The fourth-order valence-corrected chi connectivity index (χ4v) is 3.08. The number of carbonyl (C=O) groups is 3. The van der Waals surface area contributed by atoms with Gasteiger partial charge in [-0.1, -0.05) is 12.1 Å². The van der Waals surface area contributed by atoms with Crippen molar-refractivity contribution in [3.8, 4) is 11.5 Å². The maximum absolute atomic E-state index is 12.5. The number of ether oxygens (including phenoxy) is 2. The molecule has 7 nitrogen and oxygen atoms in total. The second-order valence-electron chi connectivity index (χ2n) is 6.04. The molecule has 2 aliphatic heterocycles. The first kappa shape index (κ1) is 17.3. The molecule has 0 bridgehead atoms. The van der Waals surface area contributed by atoms with Gasteiger partial charge in [-0.25, -0.2) is 0 Å². The maximum atomic E-state index is 12.5. The molecule has 3 amide bonds. The molecule has 0 N–H and O–H groups in total. The van der Waals surface area contributed by atoms with Gasteiger partial charge in [0.05, 0.1) is 0 Å². The van der Waals surface area contributed by atoms with Crippen molar-refractivity contribution in [3.05, 3.63) is 23.8 Å². The molecule has 3 rings (SSSR count). The average molecular weight is 346 g/mol. The highest BCUT2D eigenvalue weighted by molar-refractivity contribution is 6.02. The Balaban J connectivity index is 1.63. The maximum Gasteiger partial charge on any atom is 0.229 e. The minimum absolute atomic E-state index is 0.0932. The molecular formula is C18H22N2O5. The largest absolute Gasteiger partial charge is 0.486 e. The summed E-state index contributed by atoms with van der Waals surface area (Å²) in [7, 11) is 0. The van der Waals surface area contributed by atoms with E-state index in [0.717, 1.165) is 5.56 Å². The van der Waals surface area contributed by atoms with E-state index in [1.165, 1.54) is 4.90 Å². The van der Waals surface area contributed by atoms with Gasteiger partial charge in [-0.15, -0.1) is 0 Å². The molecular weight excluding hydrogens is 324 g/mol. The third-order valence-corrected chi connectivity index (χ3v) is 4.45. The van der Waals surface area contributed by atoms with Crippen molar-refractivity contribution >= 4 is 17.7 Å². The summed E-state index contributed by atoms with van der Waals surface area (Å²) in [6.07, 6.45) is 0.633. The van der Waals surface area contributed by atoms with Gasteiger partial charge in [-0.2, -0.15) is 0 Å². The third-order valence-electron chi connectivity index (χ3n) is 4.45. The van der Waals surface area contributed by atoms with Crippen LogP contribution in [0.25, 0.3) is 0 Å². The normalized spacial score (nSPS) is 16.3. The van der Waals surface area contributed by atoms with Gasteiger partial charge < -0.3 is 14.4 Å². The summed E-state index contributed by atoms with van der Waals surface area (Å²) >= 11 is 0. The number of carbonyl (C=O) groups excluding carboxylic acids is 3. The Kier molecular flexibility index (Phi) is 5.21. The van der Waals surface area contributed by atoms with E-state index >= 15 is 0 Å². The molecule has 0 saturated carbocycles. The molecule has 25 heavy (non-hydrogen) atoms. The summed E-state index contributed by atoms with van der Waals surface area (Å²) < 4.78 is 11.3. The molecule has 0 aliphatic carbocycles. The van der Waals surface area contributed by atoms with E-state index in [0.29, 0.717) is 37.8 Å². The molecule has 134 valence electrons. The predicted molar refractivity (Wildman–Crippen MR) is 89.1 cm³/mol. The molecule has 2 aliphatic rings. The molecule has 7 heteroatoms. The summed E-state index contributed by atoms with van der Waals surface area (Å²) in [4.78, 5) is 38.7.